The Morgan fingerprint density at radius 3 is 3.00 bits per heavy atom. The van der Waals surface area contributed by atoms with Gasteiger partial charge in [-0.05, 0) is 29.9 Å². The summed E-state index contributed by atoms with van der Waals surface area (Å²) < 4.78 is 0. The molecule has 3 rings (SSSR count). The fourth-order valence-corrected chi connectivity index (χ4v) is 3.61. The van der Waals surface area contributed by atoms with Crippen molar-refractivity contribution < 1.29 is 4.79 Å². The summed E-state index contributed by atoms with van der Waals surface area (Å²) in [6, 6.07) is 8.31. The third-order valence-electron chi connectivity index (χ3n) is 4.97. The highest BCUT2D eigenvalue weighted by molar-refractivity contribution is 5.78. The maximum Gasteiger partial charge on any atom is 0.220 e. The quantitative estimate of drug-likeness (QED) is 0.884. The van der Waals surface area contributed by atoms with Crippen LogP contribution in [0.15, 0.2) is 24.3 Å². The summed E-state index contributed by atoms with van der Waals surface area (Å²) in [5.74, 6) is 1.98. The Balaban J connectivity index is 1.50. The lowest BCUT2D eigenvalue weighted by atomic mass is 9.96. The minimum atomic E-state index is 0.201. The molecule has 2 aliphatic rings. The molecule has 1 aliphatic heterocycles. The number of carbonyl (C=O) groups is 1. The third kappa shape index (κ3) is 2.82. The van der Waals surface area contributed by atoms with Crippen molar-refractivity contribution in [3.05, 3.63) is 29.8 Å². The van der Waals surface area contributed by atoms with Crippen molar-refractivity contribution in [3.63, 3.8) is 0 Å². The Bertz CT molecular complexity index is 486. The van der Waals surface area contributed by atoms with Gasteiger partial charge in [0.1, 0.15) is 0 Å². The number of fused-ring (bicyclic) bond motifs is 1. The molecule has 108 valence electrons. The maximum absolute atomic E-state index is 12.1. The van der Waals surface area contributed by atoms with Crippen molar-refractivity contribution in [2.24, 2.45) is 11.8 Å². The molecule has 0 aromatic heterocycles. The topological polar surface area (TPSA) is 41.1 Å². The highest BCUT2D eigenvalue weighted by Crippen LogP contribution is 2.33. The highest BCUT2D eigenvalue weighted by atomic mass is 16.1. The van der Waals surface area contributed by atoms with E-state index in [1.54, 1.807) is 0 Å². The zero-order chi connectivity index (χ0) is 13.9. The van der Waals surface area contributed by atoms with Crippen LogP contribution in [0.4, 0.5) is 5.69 Å². The van der Waals surface area contributed by atoms with Gasteiger partial charge in [-0.2, -0.15) is 0 Å². The van der Waals surface area contributed by atoms with Crippen molar-refractivity contribution in [2.45, 2.75) is 38.5 Å². The lowest BCUT2D eigenvalue weighted by Gasteiger charge is -2.17. The number of anilines is 1. The van der Waals surface area contributed by atoms with Gasteiger partial charge in [0.2, 0.25) is 5.91 Å². The van der Waals surface area contributed by atoms with E-state index >= 15 is 0 Å². The van der Waals surface area contributed by atoms with Crippen molar-refractivity contribution in [2.75, 3.05) is 18.4 Å². The number of nitrogens with one attached hydrogen (secondary N) is 2. The van der Waals surface area contributed by atoms with E-state index in [0.717, 1.165) is 19.0 Å². The molecule has 1 heterocycles. The summed E-state index contributed by atoms with van der Waals surface area (Å²) in [5.41, 5.74) is 2.48. The molecule has 20 heavy (non-hydrogen) atoms. The molecule has 2 N–H and O–H groups in total. The van der Waals surface area contributed by atoms with E-state index in [1.807, 2.05) is 6.07 Å². The van der Waals surface area contributed by atoms with E-state index in [0.29, 0.717) is 18.3 Å². The van der Waals surface area contributed by atoms with Crippen LogP contribution in [-0.2, 0) is 4.79 Å². The molecule has 0 radical (unpaired) electrons. The third-order valence-corrected chi connectivity index (χ3v) is 4.97. The van der Waals surface area contributed by atoms with Crippen LogP contribution in [0, 0.1) is 11.8 Å². The molecule has 1 aromatic carbocycles. The molecule has 1 amide bonds. The van der Waals surface area contributed by atoms with Crippen molar-refractivity contribution in [1.29, 1.82) is 0 Å². The van der Waals surface area contributed by atoms with Gasteiger partial charge >= 0.3 is 0 Å². The molecular weight excluding hydrogens is 248 g/mol. The van der Waals surface area contributed by atoms with Crippen LogP contribution >= 0.6 is 0 Å². The molecule has 0 saturated heterocycles. The molecule has 0 bridgehead atoms. The zero-order valence-corrected chi connectivity index (χ0v) is 12.2. The first-order chi connectivity index (χ1) is 9.74. The minimum Gasteiger partial charge on any atom is -0.384 e. The predicted octanol–water partition coefficient (Wildman–Crippen LogP) is 3.14. The van der Waals surface area contributed by atoms with Gasteiger partial charge in [0.05, 0.1) is 0 Å². The van der Waals surface area contributed by atoms with Gasteiger partial charge in [-0.1, -0.05) is 38.0 Å². The Morgan fingerprint density at radius 1 is 1.35 bits per heavy atom. The van der Waals surface area contributed by atoms with Crippen LogP contribution in [0.2, 0.25) is 0 Å². The van der Waals surface area contributed by atoms with Gasteiger partial charge < -0.3 is 10.6 Å². The van der Waals surface area contributed by atoms with E-state index in [2.05, 4.69) is 35.8 Å². The maximum atomic E-state index is 12.1. The molecule has 3 unspecified atom stereocenters. The summed E-state index contributed by atoms with van der Waals surface area (Å²) >= 11 is 0. The van der Waals surface area contributed by atoms with E-state index in [9.17, 15) is 4.79 Å². The van der Waals surface area contributed by atoms with Gasteiger partial charge in [-0.15, -0.1) is 0 Å². The normalized spacial score (nSPS) is 27.9. The Labute approximate surface area is 121 Å². The number of hydrogen-bond acceptors (Lipinski definition) is 2. The van der Waals surface area contributed by atoms with E-state index in [4.69, 9.17) is 0 Å². The molecule has 3 heteroatoms. The van der Waals surface area contributed by atoms with Crippen LogP contribution in [0.5, 0.6) is 0 Å². The monoisotopic (exact) mass is 272 g/mol. The van der Waals surface area contributed by atoms with Crippen LogP contribution in [-0.4, -0.2) is 19.0 Å². The first kappa shape index (κ1) is 13.5. The molecule has 1 saturated carbocycles. The van der Waals surface area contributed by atoms with Crippen LogP contribution < -0.4 is 10.6 Å². The molecular formula is C17H24N2O. The smallest absolute Gasteiger partial charge is 0.220 e. The van der Waals surface area contributed by atoms with E-state index in [1.165, 1.54) is 30.5 Å². The molecule has 0 spiro atoms. The Hall–Kier alpha value is -1.51. The van der Waals surface area contributed by atoms with Crippen molar-refractivity contribution >= 4 is 11.6 Å². The first-order valence-corrected chi connectivity index (χ1v) is 7.83. The number of hydrogen-bond donors (Lipinski definition) is 2. The van der Waals surface area contributed by atoms with Gasteiger partial charge in [0, 0.05) is 31.1 Å². The molecule has 1 aliphatic carbocycles. The fraction of sp³-hybridized carbons (Fsp3) is 0.588. The Morgan fingerprint density at radius 2 is 2.20 bits per heavy atom. The molecule has 3 atom stereocenters. The van der Waals surface area contributed by atoms with Crippen LogP contribution in [0.3, 0.4) is 0 Å². The summed E-state index contributed by atoms with van der Waals surface area (Å²) in [6.45, 7) is 4.05. The minimum absolute atomic E-state index is 0.201. The second-order valence-corrected chi connectivity index (χ2v) is 6.34. The molecule has 1 fully saturated rings. The van der Waals surface area contributed by atoms with Crippen molar-refractivity contribution in [3.8, 4) is 0 Å². The number of amides is 1. The summed E-state index contributed by atoms with van der Waals surface area (Å²) in [5, 5.41) is 6.53. The SMILES string of the molecule is CC1CCCC1CNC(=O)CC1CNc2ccccc21. The number of para-hydroxylation sites is 1. The second-order valence-electron chi connectivity index (χ2n) is 6.34. The summed E-state index contributed by atoms with van der Waals surface area (Å²) in [6.07, 6.45) is 4.52. The lowest BCUT2D eigenvalue weighted by Crippen LogP contribution is -2.31. The van der Waals surface area contributed by atoms with E-state index < -0.39 is 0 Å². The first-order valence-electron chi connectivity index (χ1n) is 7.83. The van der Waals surface area contributed by atoms with Gasteiger partial charge in [0.15, 0.2) is 0 Å². The lowest BCUT2D eigenvalue weighted by molar-refractivity contribution is -0.121. The highest BCUT2D eigenvalue weighted by Gasteiger charge is 2.26. The summed E-state index contributed by atoms with van der Waals surface area (Å²) in [4.78, 5) is 12.1. The summed E-state index contributed by atoms with van der Waals surface area (Å²) in [7, 11) is 0. The fourth-order valence-electron chi connectivity index (χ4n) is 3.61. The van der Waals surface area contributed by atoms with E-state index in [-0.39, 0.29) is 5.91 Å². The second kappa shape index (κ2) is 5.86. The number of benzene rings is 1. The molecule has 1 aromatic rings. The average Bonchev–Trinajstić information content (AvgIpc) is 3.04. The van der Waals surface area contributed by atoms with Crippen LogP contribution in [0.25, 0.3) is 0 Å². The zero-order valence-electron chi connectivity index (χ0n) is 12.2. The van der Waals surface area contributed by atoms with Gasteiger partial charge in [0.25, 0.3) is 0 Å². The average molecular weight is 272 g/mol. The van der Waals surface area contributed by atoms with Gasteiger partial charge in [-0.25, -0.2) is 0 Å². The predicted molar refractivity (Wildman–Crippen MR) is 81.8 cm³/mol. The standard InChI is InChI=1S/C17H24N2O/c1-12-5-4-6-13(12)10-19-17(20)9-14-11-18-16-8-3-2-7-15(14)16/h2-3,7-8,12-14,18H,4-6,9-11H2,1H3,(H,19,20). The molecule has 3 nitrogen and oxygen atoms in total. The van der Waals surface area contributed by atoms with Gasteiger partial charge in [-0.3, -0.25) is 4.79 Å². The number of carbonyl (C=O) groups excluding carboxylic acids is 1. The largest absolute Gasteiger partial charge is 0.384 e. The Kier molecular flexibility index (Phi) is 3.95. The number of rotatable bonds is 4. The van der Waals surface area contributed by atoms with Crippen LogP contribution in [0.1, 0.15) is 44.1 Å². The van der Waals surface area contributed by atoms with Crippen molar-refractivity contribution in [1.82, 2.24) is 5.32 Å².